The van der Waals surface area contributed by atoms with Crippen molar-refractivity contribution in [3.05, 3.63) is 41.1 Å². The fourth-order valence-corrected chi connectivity index (χ4v) is 4.88. The van der Waals surface area contributed by atoms with E-state index in [1.54, 1.807) is 11.3 Å². The van der Waals surface area contributed by atoms with Crippen molar-refractivity contribution in [1.82, 2.24) is 19.8 Å². The number of piperazine rings is 1. The van der Waals surface area contributed by atoms with Crippen molar-refractivity contribution in [3.8, 4) is 5.75 Å². The number of amides is 1. The van der Waals surface area contributed by atoms with Gasteiger partial charge in [-0.15, -0.1) is 11.3 Å². The molecule has 8 heteroatoms. The zero-order valence-electron chi connectivity index (χ0n) is 15.8. The number of thiazole rings is 1. The molecule has 2 aliphatic rings. The Kier molecular flexibility index (Phi) is 4.52. The molecule has 0 bridgehead atoms. The molecule has 3 aromatic rings. The van der Waals surface area contributed by atoms with Crippen LogP contribution < -0.4 is 4.74 Å². The molecule has 1 unspecified atom stereocenters. The van der Waals surface area contributed by atoms with Gasteiger partial charge in [-0.05, 0) is 38.4 Å². The number of hydrogen-bond donors (Lipinski definition) is 0. The third kappa shape index (κ3) is 3.38. The minimum atomic E-state index is -0.0547. The molecule has 2 aliphatic heterocycles. The minimum absolute atomic E-state index is 0.0547. The summed E-state index contributed by atoms with van der Waals surface area (Å²) in [5.41, 5.74) is 1.28. The van der Waals surface area contributed by atoms with Crippen LogP contribution in [0.25, 0.3) is 10.2 Å². The van der Waals surface area contributed by atoms with E-state index in [1.807, 2.05) is 30.0 Å². The van der Waals surface area contributed by atoms with Gasteiger partial charge in [-0.1, -0.05) is 0 Å². The highest BCUT2D eigenvalue weighted by Crippen LogP contribution is 2.26. The molecule has 1 aromatic carbocycles. The van der Waals surface area contributed by atoms with Crippen molar-refractivity contribution in [3.63, 3.8) is 0 Å². The molecule has 2 fully saturated rings. The first kappa shape index (κ1) is 17.6. The molecule has 0 saturated carbocycles. The predicted octanol–water partition coefficient (Wildman–Crippen LogP) is 3.09. The van der Waals surface area contributed by atoms with E-state index in [0.29, 0.717) is 23.4 Å². The Bertz CT molecular complexity index is 1010. The Morgan fingerprint density at radius 3 is 3.18 bits per heavy atom. The Labute approximate surface area is 166 Å². The average molecular weight is 398 g/mol. The van der Waals surface area contributed by atoms with Crippen molar-refractivity contribution in [2.45, 2.75) is 32.4 Å². The van der Waals surface area contributed by atoms with Crippen LogP contribution >= 0.6 is 11.3 Å². The zero-order valence-corrected chi connectivity index (χ0v) is 16.6. The minimum Gasteiger partial charge on any atom is -0.484 e. The van der Waals surface area contributed by atoms with Gasteiger partial charge in [0.1, 0.15) is 12.0 Å². The summed E-state index contributed by atoms with van der Waals surface area (Å²) in [6.45, 7) is 5.81. The number of fused-ring (bicyclic) bond motifs is 2. The van der Waals surface area contributed by atoms with Crippen LogP contribution in [0.15, 0.2) is 28.9 Å². The Balaban J connectivity index is 1.22. The lowest BCUT2D eigenvalue weighted by Crippen LogP contribution is -2.52. The number of nitrogens with zero attached hydrogens (tertiary/aromatic N) is 4. The van der Waals surface area contributed by atoms with Crippen LogP contribution in [0, 0.1) is 6.92 Å². The van der Waals surface area contributed by atoms with E-state index in [4.69, 9.17) is 9.15 Å². The molecule has 2 saturated heterocycles. The highest BCUT2D eigenvalue weighted by atomic mass is 32.1. The third-order valence-electron chi connectivity index (χ3n) is 5.47. The van der Waals surface area contributed by atoms with E-state index < -0.39 is 0 Å². The maximum atomic E-state index is 12.8. The van der Waals surface area contributed by atoms with Crippen LogP contribution in [0.5, 0.6) is 5.75 Å². The maximum Gasteiger partial charge on any atom is 0.275 e. The fourth-order valence-electron chi connectivity index (χ4n) is 4.07. The quantitative estimate of drug-likeness (QED) is 0.673. The number of rotatable bonds is 4. The van der Waals surface area contributed by atoms with Gasteiger partial charge < -0.3 is 14.1 Å². The smallest absolute Gasteiger partial charge is 0.275 e. The van der Waals surface area contributed by atoms with E-state index >= 15 is 0 Å². The van der Waals surface area contributed by atoms with Gasteiger partial charge in [-0.2, -0.15) is 0 Å². The summed E-state index contributed by atoms with van der Waals surface area (Å²) < 4.78 is 12.4. The molecule has 146 valence electrons. The molecule has 5 rings (SSSR count). The van der Waals surface area contributed by atoms with E-state index in [2.05, 4.69) is 14.9 Å². The maximum absolute atomic E-state index is 12.8. The molecular formula is C20H22N4O3S. The second-order valence-electron chi connectivity index (χ2n) is 7.36. The third-order valence-corrected chi connectivity index (χ3v) is 6.43. The molecule has 1 atom stereocenters. The van der Waals surface area contributed by atoms with Crippen molar-refractivity contribution >= 4 is 27.5 Å². The number of aryl methyl sites for hydroxylation is 1. The largest absolute Gasteiger partial charge is 0.484 e. The summed E-state index contributed by atoms with van der Waals surface area (Å²) >= 11 is 1.66. The molecule has 1 amide bonds. The number of ether oxygens (including phenoxy) is 1. The summed E-state index contributed by atoms with van der Waals surface area (Å²) in [5, 5.41) is 1.03. The highest BCUT2D eigenvalue weighted by molar-refractivity contribution is 7.18. The van der Waals surface area contributed by atoms with Crippen LogP contribution in [0.3, 0.4) is 0 Å². The first-order valence-electron chi connectivity index (χ1n) is 9.63. The number of aromatic nitrogens is 2. The molecule has 0 radical (unpaired) electrons. The first-order chi connectivity index (χ1) is 13.7. The van der Waals surface area contributed by atoms with Crippen molar-refractivity contribution in [2.24, 2.45) is 0 Å². The molecule has 0 N–H and O–H groups in total. The molecule has 2 aromatic heterocycles. The monoisotopic (exact) mass is 398 g/mol. The van der Waals surface area contributed by atoms with Crippen LogP contribution in [-0.4, -0.2) is 57.9 Å². The Hall–Kier alpha value is -2.45. The van der Waals surface area contributed by atoms with Gasteiger partial charge in [0.2, 0.25) is 5.89 Å². The average Bonchev–Trinajstić information content (AvgIpc) is 3.43. The van der Waals surface area contributed by atoms with Gasteiger partial charge in [-0.3, -0.25) is 9.69 Å². The molecule has 0 aliphatic carbocycles. The van der Waals surface area contributed by atoms with Crippen molar-refractivity contribution < 1.29 is 13.9 Å². The summed E-state index contributed by atoms with van der Waals surface area (Å²) in [5.74, 6) is 1.06. The van der Waals surface area contributed by atoms with E-state index in [9.17, 15) is 4.79 Å². The van der Waals surface area contributed by atoms with Gasteiger partial charge in [0.05, 0.1) is 15.2 Å². The molecule has 28 heavy (non-hydrogen) atoms. The molecule has 0 spiro atoms. The molecular weight excluding hydrogens is 376 g/mol. The van der Waals surface area contributed by atoms with Gasteiger partial charge in [0.25, 0.3) is 5.91 Å². The summed E-state index contributed by atoms with van der Waals surface area (Å²) in [6, 6.07) is 6.32. The predicted molar refractivity (Wildman–Crippen MR) is 106 cm³/mol. The zero-order chi connectivity index (χ0) is 19.1. The van der Waals surface area contributed by atoms with Crippen molar-refractivity contribution in [2.75, 3.05) is 26.2 Å². The molecule has 4 heterocycles. The SMILES string of the molecule is Cc1nc2cc(OCc3nc(C(=O)N4CCN5CCCC5C4)co3)ccc2s1. The summed E-state index contributed by atoms with van der Waals surface area (Å²) in [4.78, 5) is 26.0. The first-order valence-corrected chi connectivity index (χ1v) is 10.4. The number of oxazole rings is 1. The van der Waals surface area contributed by atoms with E-state index in [0.717, 1.165) is 41.4 Å². The fraction of sp³-hybridized carbons (Fsp3) is 0.450. The van der Waals surface area contributed by atoms with Crippen LogP contribution in [0.2, 0.25) is 0 Å². The Morgan fingerprint density at radius 2 is 2.25 bits per heavy atom. The van der Waals surface area contributed by atoms with Crippen LogP contribution in [0.4, 0.5) is 0 Å². The van der Waals surface area contributed by atoms with Crippen LogP contribution in [0.1, 0.15) is 34.2 Å². The van der Waals surface area contributed by atoms with Crippen molar-refractivity contribution in [1.29, 1.82) is 0 Å². The lowest BCUT2D eigenvalue weighted by molar-refractivity contribution is 0.0565. The van der Waals surface area contributed by atoms with E-state index in [-0.39, 0.29) is 12.5 Å². The van der Waals surface area contributed by atoms with Gasteiger partial charge in [0.15, 0.2) is 12.3 Å². The summed E-state index contributed by atoms with van der Waals surface area (Å²) in [6.07, 6.45) is 3.84. The standard InChI is InChI=1S/C20H22N4O3S/c1-13-21-16-9-15(4-5-18(16)28-13)26-12-19-22-17(11-27-19)20(25)24-8-7-23-6-2-3-14(23)10-24/h4-5,9,11,14H,2-3,6-8,10,12H2,1H3. The van der Waals surface area contributed by atoms with Gasteiger partial charge in [0, 0.05) is 31.7 Å². The van der Waals surface area contributed by atoms with Gasteiger partial charge >= 0.3 is 0 Å². The lowest BCUT2D eigenvalue weighted by Gasteiger charge is -2.37. The molecule has 7 nitrogen and oxygen atoms in total. The van der Waals surface area contributed by atoms with E-state index in [1.165, 1.54) is 19.1 Å². The van der Waals surface area contributed by atoms with Crippen LogP contribution in [-0.2, 0) is 6.61 Å². The Morgan fingerprint density at radius 1 is 1.32 bits per heavy atom. The number of benzene rings is 1. The number of carbonyl (C=O) groups excluding carboxylic acids is 1. The second-order valence-corrected chi connectivity index (χ2v) is 8.60. The number of carbonyl (C=O) groups is 1. The summed E-state index contributed by atoms with van der Waals surface area (Å²) in [7, 11) is 0. The topological polar surface area (TPSA) is 71.7 Å². The number of hydrogen-bond acceptors (Lipinski definition) is 7. The normalized spacial score (nSPS) is 19.9. The second kappa shape index (κ2) is 7.18. The highest BCUT2D eigenvalue weighted by Gasteiger charge is 2.33. The van der Waals surface area contributed by atoms with Gasteiger partial charge in [-0.25, -0.2) is 9.97 Å². The lowest BCUT2D eigenvalue weighted by atomic mass is 10.1.